The molecule has 1 aromatic rings. The number of phenolic OH excluding ortho intramolecular Hbond substituents is 1. The zero-order chi connectivity index (χ0) is 11.9. The number of hydrogen-bond donors (Lipinski definition) is 1. The molecule has 0 saturated carbocycles. The molecule has 0 bridgehead atoms. The van der Waals surface area contributed by atoms with Crippen molar-refractivity contribution in [2.75, 3.05) is 0 Å². The van der Waals surface area contributed by atoms with Crippen LogP contribution < -0.4 is 0 Å². The Morgan fingerprint density at radius 2 is 1.53 bits per heavy atom. The smallest absolute Gasteiger partial charge is 0.118 e. The maximum Gasteiger partial charge on any atom is 0.118 e. The SMILES string of the molecule is Cc1cc(C(C)(C)C(C)(C)C)ccc1O. The summed E-state index contributed by atoms with van der Waals surface area (Å²) >= 11 is 0. The maximum absolute atomic E-state index is 9.51. The lowest BCUT2D eigenvalue weighted by Gasteiger charge is -2.39. The lowest BCUT2D eigenvalue weighted by atomic mass is 9.65. The standard InChI is InChI=1S/C14H22O/c1-10-9-11(7-8-12(10)15)14(5,6)13(2,3)4/h7-9,15H,1-6H3. The number of phenols is 1. The molecule has 1 nitrogen and oxygen atoms in total. The fraction of sp³-hybridized carbons (Fsp3) is 0.571. The molecule has 1 rings (SSSR count). The molecule has 0 atom stereocenters. The molecule has 1 aromatic carbocycles. The minimum atomic E-state index is 0.103. The molecule has 0 fully saturated rings. The Morgan fingerprint density at radius 1 is 1.00 bits per heavy atom. The van der Waals surface area contributed by atoms with Gasteiger partial charge in [0.15, 0.2) is 0 Å². The lowest BCUT2D eigenvalue weighted by molar-refractivity contribution is 0.225. The van der Waals surface area contributed by atoms with Crippen molar-refractivity contribution in [2.24, 2.45) is 5.41 Å². The Labute approximate surface area is 93.1 Å². The van der Waals surface area contributed by atoms with Gasteiger partial charge >= 0.3 is 0 Å². The van der Waals surface area contributed by atoms with Crippen LogP contribution in [0.25, 0.3) is 0 Å². The highest BCUT2D eigenvalue weighted by atomic mass is 16.3. The lowest BCUT2D eigenvalue weighted by Crippen LogP contribution is -2.33. The van der Waals surface area contributed by atoms with E-state index in [0.29, 0.717) is 5.75 Å². The predicted octanol–water partition coefficient (Wildman–Crippen LogP) is 4.02. The Hall–Kier alpha value is -0.980. The largest absolute Gasteiger partial charge is 0.508 e. The molecule has 0 saturated heterocycles. The summed E-state index contributed by atoms with van der Waals surface area (Å²) in [6.45, 7) is 13.2. The maximum atomic E-state index is 9.51. The minimum Gasteiger partial charge on any atom is -0.508 e. The second-order valence-corrected chi connectivity index (χ2v) is 5.88. The molecule has 15 heavy (non-hydrogen) atoms. The fourth-order valence-corrected chi connectivity index (χ4v) is 1.48. The Morgan fingerprint density at radius 3 is 1.93 bits per heavy atom. The number of aromatic hydroxyl groups is 1. The summed E-state index contributed by atoms with van der Waals surface area (Å²) in [6, 6.07) is 5.90. The van der Waals surface area contributed by atoms with Crippen molar-refractivity contribution in [3.05, 3.63) is 29.3 Å². The van der Waals surface area contributed by atoms with Gasteiger partial charge in [0, 0.05) is 0 Å². The van der Waals surface area contributed by atoms with Crippen LogP contribution in [0, 0.1) is 12.3 Å². The van der Waals surface area contributed by atoms with Gasteiger partial charge in [-0.25, -0.2) is 0 Å². The summed E-state index contributed by atoms with van der Waals surface area (Å²) in [4.78, 5) is 0. The third-order valence-electron chi connectivity index (χ3n) is 3.79. The third-order valence-corrected chi connectivity index (χ3v) is 3.79. The monoisotopic (exact) mass is 206 g/mol. The summed E-state index contributed by atoms with van der Waals surface area (Å²) in [6.07, 6.45) is 0. The summed E-state index contributed by atoms with van der Waals surface area (Å²) < 4.78 is 0. The highest BCUT2D eigenvalue weighted by Gasteiger charge is 2.34. The number of hydrogen-bond acceptors (Lipinski definition) is 1. The van der Waals surface area contributed by atoms with Crippen molar-refractivity contribution in [3.63, 3.8) is 0 Å². The molecule has 84 valence electrons. The molecule has 1 N–H and O–H groups in total. The van der Waals surface area contributed by atoms with Gasteiger partial charge in [-0.15, -0.1) is 0 Å². The summed E-state index contributed by atoms with van der Waals surface area (Å²) in [7, 11) is 0. The van der Waals surface area contributed by atoms with Crippen molar-refractivity contribution in [2.45, 2.75) is 47.0 Å². The summed E-state index contributed by atoms with van der Waals surface area (Å²) in [5.74, 6) is 0.378. The van der Waals surface area contributed by atoms with E-state index in [1.807, 2.05) is 13.0 Å². The second kappa shape index (κ2) is 3.55. The van der Waals surface area contributed by atoms with Gasteiger partial charge in [-0.05, 0) is 34.9 Å². The Bertz CT molecular complexity index is 356. The molecule has 0 aliphatic heterocycles. The van der Waals surface area contributed by atoms with E-state index < -0.39 is 0 Å². The van der Waals surface area contributed by atoms with Crippen molar-refractivity contribution in [1.29, 1.82) is 0 Å². The molecule has 1 heteroatoms. The van der Waals surface area contributed by atoms with Crippen LogP contribution in [0.2, 0.25) is 0 Å². The van der Waals surface area contributed by atoms with Gasteiger partial charge < -0.3 is 5.11 Å². The van der Waals surface area contributed by atoms with Crippen LogP contribution in [0.15, 0.2) is 18.2 Å². The number of aryl methyl sites for hydroxylation is 1. The van der Waals surface area contributed by atoms with Crippen molar-refractivity contribution >= 4 is 0 Å². The van der Waals surface area contributed by atoms with Gasteiger partial charge in [-0.2, -0.15) is 0 Å². The zero-order valence-corrected chi connectivity index (χ0v) is 10.7. The molecule has 0 aliphatic carbocycles. The quantitative estimate of drug-likeness (QED) is 0.735. The van der Waals surface area contributed by atoms with E-state index in [2.05, 4.69) is 40.7 Å². The van der Waals surface area contributed by atoms with Gasteiger partial charge in [0.25, 0.3) is 0 Å². The van der Waals surface area contributed by atoms with E-state index in [1.54, 1.807) is 6.07 Å². The van der Waals surface area contributed by atoms with Crippen LogP contribution >= 0.6 is 0 Å². The van der Waals surface area contributed by atoms with Crippen molar-refractivity contribution < 1.29 is 5.11 Å². The van der Waals surface area contributed by atoms with Gasteiger partial charge in [-0.1, -0.05) is 46.8 Å². The molecule has 0 heterocycles. The Kier molecular flexibility index (Phi) is 2.86. The molecule has 0 spiro atoms. The van der Waals surface area contributed by atoms with E-state index in [0.717, 1.165) is 5.56 Å². The highest BCUT2D eigenvalue weighted by Crippen LogP contribution is 2.41. The second-order valence-electron chi connectivity index (χ2n) is 5.88. The van der Waals surface area contributed by atoms with Crippen LogP contribution in [0.1, 0.15) is 45.7 Å². The first-order chi connectivity index (χ1) is 6.66. The van der Waals surface area contributed by atoms with Gasteiger partial charge in [0.05, 0.1) is 0 Å². The minimum absolute atomic E-state index is 0.103. The topological polar surface area (TPSA) is 20.2 Å². The van der Waals surface area contributed by atoms with Crippen LogP contribution in [0.4, 0.5) is 0 Å². The molecule has 0 aromatic heterocycles. The molecule has 0 unspecified atom stereocenters. The van der Waals surface area contributed by atoms with Gasteiger partial charge in [-0.3, -0.25) is 0 Å². The fourth-order valence-electron chi connectivity index (χ4n) is 1.48. The molecule has 0 aliphatic rings. The summed E-state index contributed by atoms with van der Waals surface area (Å²) in [5, 5.41) is 9.51. The van der Waals surface area contributed by atoms with Crippen LogP contribution in [-0.2, 0) is 5.41 Å². The van der Waals surface area contributed by atoms with Crippen molar-refractivity contribution in [1.82, 2.24) is 0 Å². The third kappa shape index (κ3) is 2.17. The van der Waals surface area contributed by atoms with E-state index in [4.69, 9.17) is 0 Å². The van der Waals surface area contributed by atoms with E-state index >= 15 is 0 Å². The van der Waals surface area contributed by atoms with Crippen LogP contribution in [0.5, 0.6) is 5.75 Å². The first kappa shape index (κ1) is 12.1. The zero-order valence-electron chi connectivity index (χ0n) is 10.7. The molecule has 0 radical (unpaired) electrons. The predicted molar refractivity (Wildman–Crippen MR) is 65.3 cm³/mol. The first-order valence-electron chi connectivity index (χ1n) is 5.46. The average Bonchev–Trinajstić information content (AvgIpc) is 2.07. The van der Waals surface area contributed by atoms with E-state index in [9.17, 15) is 5.11 Å². The van der Waals surface area contributed by atoms with Gasteiger partial charge in [0.1, 0.15) is 5.75 Å². The number of benzene rings is 1. The molecule has 0 amide bonds. The normalized spacial score (nSPS) is 12.9. The molecular weight excluding hydrogens is 184 g/mol. The Balaban J connectivity index is 3.22. The van der Waals surface area contributed by atoms with Crippen LogP contribution in [0.3, 0.4) is 0 Å². The summed E-state index contributed by atoms with van der Waals surface area (Å²) in [5.41, 5.74) is 2.54. The van der Waals surface area contributed by atoms with E-state index in [-0.39, 0.29) is 10.8 Å². The van der Waals surface area contributed by atoms with Crippen LogP contribution in [-0.4, -0.2) is 5.11 Å². The molecular formula is C14H22O. The first-order valence-corrected chi connectivity index (χ1v) is 5.46. The number of rotatable bonds is 1. The highest BCUT2D eigenvalue weighted by molar-refractivity contribution is 5.38. The van der Waals surface area contributed by atoms with Crippen molar-refractivity contribution in [3.8, 4) is 5.75 Å². The van der Waals surface area contributed by atoms with E-state index in [1.165, 1.54) is 5.56 Å². The van der Waals surface area contributed by atoms with Gasteiger partial charge in [0.2, 0.25) is 0 Å². The average molecular weight is 206 g/mol.